The fraction of sp³-hybridized carbons (Fsp3) is 0.556. The van der Waals surface area contributed by atoms with Gasteiger partial charge in [-0.1, -0.05) is 19.1 Å². The van der Waals surface area contributed by atoms with Crippen LogP contribution in [0.4, 0.5) is 26.3 Å². The first-order valence-electron chi connectivity index (χ1n) is 8.07. The van der Waals surface area contributed by atoms with Gasteiger partial charge in [-0.05, 0) is 49.0 Å². The number of aliphatic hydroxyl groups is 2. The van der Waals surface area contributed by atoms with Crippen LogP contribution in [0.5, 0.6) is 0 Å². The van der Waals surface area contributed by atoms with Crippen molar-refractivity contribution in [3.63, 3.8) is 0 Å². The van der Waals surface area contributed by atoms with Crippen molar-refractivity contribution in [1.82, 2.24) is 0 Å². The highest BCUT2D eigenvalue weighted by molar-refractivity contribution is 5.46. The van der Waals surface area contributed by atoms with Gasteiger partial charge >= 0.3 is 12.4 Å². The summed E-state index contributed by atoms with van der Waals surface area (Å²) in [6.07, 6.45) is -11.1. The Bertz CT molecular complexity index is 705. The Hall–Kier alpha value is -1.86. The van der Waals surface area contributed by atoms with E-state index in [2.05, 4.69) is 0 Å². The number of hydrogen-bond donors (Lipinski definition) is 2. The van der Waals surface area contributed by atoms with Gasteiger partial charge in [0.15, 0.2) is 0 Å². The van der Waals surface area contributed by atoms with Crippen molar-refractivity contribution < 1.29 is 36.6 Å². The normalized spacial score (nSPS) is 23.2. The van der Waals surface area contributed by atoms with E-state index in [1.54, 1.807) is 0 Å². The lowest BCUT2D eigenvalue weighted by Crippen LogP contribution is -2.53. The Kier molecular flexibility index (Phi) is 5.02. The summed E-state index contributed by atoms with van der Waals surface area (Å²) < 4.78 is 84.3. The van der Waals surface area contributed by atoms with Gasteiger partial charge in [-0.3, -0.25) is 0 Å². The second kappa shape index (κ2) is 6.39. The van der Waals surface area contributed by atoms with Crippen LogP contribution in [0.15, 0.2) is 46.0 Å². The molecule has 0 aromatic heterocycles. The third kappa shape index (κ3) is 3.03. The summed E-state index contributed by atoms with van der Waals surface area (Å²) in [5.74, 6) is -1.28. The second-order valence-corrected chi connectivity index (χ2v) is 6.89. The lowest BCUT2D eigenvalue weighted by molar-refractivity contribution is -0.312. The van der Waals surface area contributed by atoms with E-state index in [4.69, 9.17) is 0 Å². The SMILES string of the molecule is CC1=C(O)CCC(C(C2=CC(C)=C(O)[C@@H](C)C2)(C(F)(F)F)C(F)(F)F)=C1. The predicted octanol–water partition coefficient (Wildman–Crippen LogP) is 6.45. The van der Waals surface area contributed by atoms with E-state index in [0.29, 0.717) is 0 Å². The zero-order chi connectivity index (χ0) is 20.1. The molecule has 0 radical (unpaired) electrons. The van der Waals surface area contributed by atoms with E-state index >= 15 is 0 Å². The third-order valence-electron chi connectivity index (χ3n) is 5.08. The zero-order valence-corrected chi connectivity index (χ0v) is 14.5. The molecule has 0 fully saturated rings. The Balaban J connectivity index is 2.84. The van der Waals surface area contributed by atoms with E-state index < -0.39 is 47.7 Å². The van der Waals surface area contributed by atoms with Crippen LogP contribution < -0.4 is 0 Å². The van der Waals surface area contributed by atoms with Crippen molar-refractivity contribution in [3.8, 4) is 0 Å². The molecule has 0 bridgehead atoms. The Morgan fingerprint density at radius 3 is 1.77 bits per heavy atom. The van der Waals surface area contributed by atoms with E-state index in [1.165, 1.54) is 20.8 Å². The monoisotopic (exact) mass is 382 g/mol. The quantitative estimate of drug-likeness (QED) is 0.539. The van der Waals surface area contributed by atoms with Crippen molar-refractivity contribution in [2.75, 3.05) is 0 Å². The molecule has 0 aromatic carbocycles. The lowest BCUT2D eigenvalue weighted by Gasteiger charge is -2.44. The standard InChI is InChI=1S/C18H20F6O2/c1-9-6-12(4-5-14(9)25)16(17(19,20)21,18(22,23)24)13-7-10(2)15(26)11(3)8-13/h6-7,11,25-26H,4-5,8H2,1-3H3/t11-/m0/s1. The van der Waals surface area contributed by atoms with E-state index in [9.17, 15) is 36.6 Å². The molecule has 0 unspecified atom stereocenters. The molecular weight excluding hydrogens is 362 g/mol. The molecule has 0 heterocycles. The Labute approximate surface area is 147 Å². The van der Waals surface area contributed by atoms with Crippen LogP contribution >= 0.6 is 0 Å². The number of alkyl halides is 6. The molecule has 2 aliphatic rings. The minimum Gasteiger partial charge on any atom is -0.512 e. The molecule has 1 atom stereocenters. The maximum absolute atomic E-state index is 14.1. The predicted molar refractivity (Wildman–Crippen MR) is 84.4 cm³/mol. The Morgan fingerprint density at radius 2 is 1.35 bits per heavy atom. The smallest absolute Gasteiger partial charge is 0.410 e. The fourth-order valence-electron chi connectivity index (χ4n) is 3.73. The summed E-state index contributed by atoms with van der Waals surface area (Å²) in [5, 5.41) is 19.5. The number of halogens is 6. The average molecular weight is 382 g/mol. The number of rotatable bonds is 2. The number of hydrogen-bond acceptors (Lipinski definition) is 2. The van der Waals surface area contributed by atoms with Crippen molar-refractivity contribution in [2.45, 2.75) is 52.4 Å². The summed E-state index contributed by atoms with van der Waals surface area (Å²) in [6, 6.07) is 0. The maximum Gasteiger partial charge on any atom is 0.410 e. The highest BCUT2D eigenvalue weighted by Gasteiger charge is 2.74. The summed E-state index contributed by atoms with van der Waals surface area (Å²) in [4.78, 5) is 0. The first kappa shape index (κ1) is 20.5. The van der Waals surface area contributed by atoms with Crippen LogP contribution in [-0.4, -0.2) is 22.6 Å². The second-order valence-electron chi connectivity index (χ2n) is 6.89. The van der Waals surface area contributed by atoms with Gasteiger partial charge in [0.1, 0.15) is 0 Å². The zero-order valence-electron chi connectivity index (χ0n) is 14.5. The van der Waals surface area contributed by atoms with Crippen LogP contribution in [-0.2, 0) is 0 Å². The highest BCUT2D eigenvalue weighted by Crippen LogP contribution is 2.63. The van der Waals surface area contributed by atoms with Gasteiger partial charge in [-0.2, -0.15) is 26.3 Å². The first-order valence-corrected chi connectivity index (χ1v) is 8.07. The van der Waals surface area contributed by atoms with Crippen molar-refractivity contribution >= 4 is 0 Å². The molecule has 8 heteroatoms. The van der Waals surface area contributed by atoms with Gasteiger partial charge in [0.2, 0.25) is 5.41 Å². The molecule has 2 nitrogen and oxygen atoms in total. The van der Waals surface area contributed by atoms with E-state index in [-0.39, 0.29) is 29.1 Å². The van der Waals surface area contributed by atoms with Crippen LogP contribution in [0.25, 0.3) is 0 Å². The highest BCUT2D eigenvalue weighted by atomic mass is 19.4. The van der Waals surface area contributed by atoms with E-state index in [1.807, 2.05) is 0 Å². The summed E-state index contributed by atoms with van der Waals surface area (Å²) in [5.41, 5.74) is -5.83. The van der Waals surface area contributed by atoms with Crippen LogP contribution in [0, 0.1) is 11.3 Å². The lowest BCUT2D eigenvalue weighted by atomic mass is 9.65. The molecule has 2 aliphatic carbocycles. The largest absolute Gasteiger partial charge is 0.512 e. The van der Waals surface area contributed by atoms with Gasteiger partial charge < -0.3 is 10.2 Å². The molecule has 2 rings (SSSR count). The summed E-state index contributed by atoms with van der Waals surface area (Å²) in [7, 11) is 0. The van der Waals surface area contributed by atoms with Crippen LogP contribution in [0.1, 0.15) is 40.0 Å². The van der Waals surface area contributed by atoms with Crippen molar-refractivity contribution in [2.24, 2.45) is 11.3 Å². The van der Waals surface area contributed by atoms with Crippen molar-refractivity contribution in [1.29, 1.82) is 0 Å². The molecule has 0 spiro atoms. The van der Waals surface area contributed by atoms with Gasteiger partial charge in [0.25, 0.3) is 0 Å². The number of aliphatic hydroxyl groups excluding tert-OH is 2. The fourth-order valence-corrected chi connectivity index (χ4v) is 3.73. The minimum atomic E-state index is -5.62. The molecule has 0 saturated heterocycles. The molecule has 2 N–H and O–H groups in total. The molecule has 0 amide bonds. The summed E-state index contributed by atoms with van der Waals surface area (Å²) >= 11 is 0. The minimum absolute atomic E-state index is 0.0105. The maximum atomic E-state index is 14.1. The van der Waals surface area contributed by atoms with Gasteiger partial charge in [0, 0.05) is 12.3 Å². The molecule has 0 aliphatic heterocycles. The molecule has 146 valence electrons. The topological polar surface area (TPSA) is 40.5 Å². The molecule has 0 saturated carbocycles. The summed E-state index contributed by atoms with van der Waals surface area (Å²) in [6.45, 7) is 3.95. The van der Waals surface area contributed by atoms with Crippen LogP contribution in [0.2, 0.25) is 0 Å². The van der Waals surface area contributed by atoms with Crippen LogP contribution in [0.3, 0.4) is 0 Å². The van der Waals surface area contributed by atoms with E-state index in [0.717, 1.165) is 12.2 Å². The van der Waals surface area contributed by atoms with Crippen molar-refractivity contribution in [3.05, 3.63) is 46.0 Å². The Morgan fingerprint density at radius 1 is 0.846 bits per heavy atom. The number of allylic oxidation sites excluding steroid dienone is 8. The van der Waals surface area contributed by atoms with Gasteiger partial charge in [-0.15, -0.1) is 0 Å². The first-order chi connectivity index (χ1) is 11.7. The molecular formula is C18H20F6O2. The molecule has 0 aromatic rings. The van der Waals surface area contributed by atoms with Gasteiger partial charge in [-0.25, -0.2) is 0 Å². The van der Waals surface area contributed by atoms with Gasteiger partial charge in [0.05, 0.1) is 11.5 Å². The molecule has 26 heavy (non-hydrogen) atoms. The third-order valence-corrected chi connectivity index (χ3v) is 5.08. The average Bonchev–Trinajstić information content (AvgIpc) is 2.46.